The Balaban J connectivity index is 2.64. The molecule has 0 radical (unpaired) electrons. The first kappa shape index (κ1) is 21.4. The standard InChI is InChI=1S/C20H28N4O4/c1-12(2)11-24-17(21)16(18(25)22-20(24)27)23(8-9-28-5)19(26)15-7-6-13(3)10-14(15)4/h6-7,10,12H,8-9,11,21H2,1-5H3,(H,22,25,27). The lowest BCUT2D eigenvalue weighted by Gasteiger charge is -2.25. The minimum atomic E-state index is -0.697. The molecule has 2 aromatic rings. The molecule has 152 valence electrons. The number of H-pyrrole nitrogens is 1. The fourth-order valence-electron chi connectivity index (χ4n) is 3.08. The number of ether oxygens (including phenoxy) is 1. The Bertz CT molecular complexity index is 975. The molecule has 1 amide bonds. The zero-order chi connectivity index (χ0) is 21.0. The normalized spacial score (nSPS) is 11.1. The summed E-state index contributed by atoms with van der Waals surface area (Å²) in [6.07, 6.45) is 0. The summed E-state index contributed by atoms with van der Waals surface area (Å²) in [5.74, 6) is -0.278. The molecule has 0 aliphatic carbocycles. The molecule has 0 atom stereocenters. The summed E-state index contributed by atoms with van der Waals surface area (Å²) >= 11 is 0. The Morgan fingerprint density at radius 2 is 1.96 bits per heavy atom. The Kier molecular flexibility index (Phi) is 6.80. The maximum Gasteiger partial charge on any atom is 0.330 e. The van der Waals surface area contributed by atoms with Crippen LogP contribution in [0.15, 0.2) is 27.8 Å². The molecular formula is C20H28N4O4. The number of nitrogens with zero attached hydrogens (tertiary/aromatic N) is 2. The van der Waals surface area contributed by atoms with Gasteiger partial charge in [0.05, 0.1) is 6.61 Å². The number of nitrogens with one attached hydrogen (secondary N) is 1. The predicted octanol–water partition coefficient (Wildman–Crippen LogP) is 1.68. The third kappa shape index (κ3) is 4.51. The van der Waals surface area contributed by atoms with E-state index in [0.717, 1.165) is 11.1 Å². The van der Waals surface area contributed by atoms with Gasteiger partial charge in [0.1, 0.15) is 5.82 Å². The zero-order valence-corrected chi connectivity index (χ0v) is 17.0. The SMILES string of the molecule is COCCN(C(=O)c1ccc(C)cc1C)c1c(N)n(CC(C)C)c(=O)[nH]c1=O. The van der Waals surface area contributed by atoms with E-state index >= 15 is 0 Å². The lowest BCUT2D eigenvalue weighted by Crippen LogP contribution is -2.43. The van der Waals surface area contributed by atoms with Crippen LogP contribution in [-0.4, -0.2) is 35.7 Å². The number of hydrogen-bond acceptors (Lipinski definition) is 5. The Labute approximate surface area is 163 Å². The number of aromatic amines is 1. The van der Waals surface area contributed by atoms with Crippen LogP contribution in [0, 0.1) is 19.8 Å². The number of amides is 1. The van der Waals surface area contributed by atoms with E-state index in [1.54, 1.807) is 6.07 Å². The van der Waals surface area contributed by atoms with E-state index in [9.17, 15) is 14.4 Å². The van der Waals surface area contributed by atoms with Crippen LogP contribution in [0.4, 0.5) is 11.5 Å². The lowest BCUT2D eigenvalue weighted by atomic mass is 10.0. The summed E-state index contributed by atoms with van der Waals surface area (Å²) in [5.41, 5.74) is 7.14. The largest absolute Gasteiger partial charge is 0.383 e. The smallest absolute Gasteiger partial charge is 0.330 e. The van der Waals surface area contributed by atoms with E-state index < -0.39 is 11.2 Å². The topological polar surface area (TPSA) is 110 Å². The van der Waals surface area contributed by atoms with Crippen LogP contribution in [0.1, 0.15) is 35.3 Å². The minimum absolute atomic E-state index is 0.0309. The molecule has 28 heavy (non-hydrogen) atoms. The summed E-state index contributed by atoms with van der Waals surface area (Å²) in [6, 6.07) is 5.46. The number of anilines is 2. The van der Waals surface area contributed by atoms with Crippen LogP contribution in [-0.2, 0) is 11.3 Å². The maximum atomic E-state index is 13.3. The van der Waals surface area contributed by atoms with Gasteiger partial charge in [-0.1, -0.05) is 31.5 Å². The highest BCUT2D eigenvalue weighted by Crippen LogP contribution is 2.22. The molecule has 0 aliphatic rings. The molecule has 0 bridgehead atoms. The first-order chi connectivity index (χ1) is 13.2. The molecule has 1 aromatic carbocycles. The van der Waals surface area contributed by atoms with Gasteiger partial charge >= 0.3 is 5.69 Å². The van der Waals surface area contributed by atoms with Gasteiger partial charge in [0, 0.05) is 25.8 Å². The molecule has 0 saturated carbocycles. The van der Waals surface area contributed by atoms with E-state index in [-0.39, 0.29) is 36.5 Å². The number of aromatic nitrogens is 2. The summed E-state index contributed by atoms with van der Waals surface area (Å²) in [4.78, 5) is 41.7. The van der Waals surface area contributed by atoms with Crippen molar-refractivity contribution in [1.82, 2.24) is 9.55 Å². The Hall–Kier alpha value is -2.87. The molecule has 8 heteroatoms. The molecule has 0 fully saturated rings. The van der Waals surface area contributed by atoms with E-state index in [0.29, 0.717) is 12.1 Å². The predicted molar refractivity (Wildman–Crippen MR) is 110 cm³/mol. The average molecular weight is 388 g/mol. The highest BCUT2D eigenvalue weighted by Gasteiger charge is 2.26. The van der Waals surface area contributed by atoms with E-state index in [1.807, 2.05) is 39.8 Å². The fourth-order valence-corrected chi connectivity index (χ4v) is 3.08. The van der Waals surface area contributed by atoms with Crippen molar-refractivity contribution in [3.63, 3.8) is 0 Å². The molecule has 8 nitrogen and oxygen atoms in total. The summed E-state index contributed by atoms with van der Waals surface area (Å²) < 4.78 is 6.40. The molecule has 0 aliphatic heterocycles. The van der Waals surface area contributed by atoms with Crippen molar-refractivity contribution in [2.45, 2.75) is 34.2 Å². The second-order valence-electron chi connectivity index (χ2n) is 7.27. The van der Waals surface area contributed by atoms with Gasteiger partial charge in [-0.2, -0.15) is 0 Å². The van der Waals surface area contributed by atoms with Crippen molar-refractivity contribution < 1.29 is 9.53 Å². The third-order valence-corrected chi connectivity index (χ3v) is 4.41. The molecule has 0 spiro atoms. The van der Waals surface area contributed by atoms with Crippen LogP contribution < -0.4 is 21.9 Å². The minimum Gasteiger partial charge on any atom is -0.383 e. The van der Waals surface area contributed by atoms with Crippen LogP contribution in [0.5, 0.6) is 0 Å². The van der Waals surface area contributed by atoms with Gasteiger partial charge in [-0.15, -0.1) is 0 Å². The van der Waals surface area contributed by atoms with E-state index in [1.165, 1.54) is 16.6 Å². The van der Waals surface area contributed by atoms with Crippen LogP contribution in [0.25, 0.3) is 0 Å². The van der Waals surface area contributed by atoms with Crippen molar-refractivity contribution in [3.8, 4) is 0 Å². The third-order valence-electron chi connectivity index (χ3n) is 4.41. The fraction of sp³-hybridized carbons (Fsp3) is 0.450. The second kappa shape index (κ2) is 8.88. The highest BCUT2D eigenvalue weighted by atomic mass is 16.5. The van der Waals surface area contributed by atoms with Crippen molar-refractivity contribution in [1.29, 1.82) is 0 Å². The number of nitrogen functional groups attached to an aromatic ring is 1. The van der Waals surface area contributed by atoms with Crippen LogP contribution in [0.3, 0.4) is 0 Å². The molecule has 0 unspecified atom stereocenters. The number of aryl methyl sites for hydroxylation is 2. The molecule has 1 heterocycles. The number of hydrogen-bond donors (Lipinski definition) is 2. The monoisotopic (exact) mass is 388 g/mol. The lowest BCUT2D eigenvalue weighted by molar-refractivity contribution is 0.0975. The molecule has 2 rings (SSSR count). The average Bonchev–Trinajstić information content (AvgIpc) is 2.60. The number of nitrogens with two attached hydrogens (primary N) is 1. The van der Waals surface area contributed by atoms with Crippen LogP contribution in [0.2, 0.25) is 0 Å². The van der Waals surface area contributed by atoms with Crippen LogP contribution >= 0.6 is 0 Å². The highest BCUT2D eigenvalue weighted by molar-refractivity contribution is 6.08. The molecule has 3 N–H and O–H groups in total. The van der Waals surface area contributed by atoms with Gasteiger partial charge in [-0.25, -0.2) is 4.79 Å². The number of rotatable bonds is 7. The van der Waals surface area contributed by atoms with Crippen molar-refractivity contribution in [3.05, 3.63) is 55.7 Å². The van der Waals surface area contributed by atoms with E-state index in [4.69, 9.17) is 10.5 Å². The van der Waals surface area contributed by atoms with Gasteiger partial charge in [-0.3, -0.25) is 24.0 Å². The number of carbonyl (C=O) groups excluding carboxylic acids is 1. The number of methoxy groups -OCH3 is 1. The van der Waals surface area contributed by atoms with Gasteiger partial charge in [0.15, 0.2) is 5.69 Å². The van der Waals surface area contributed by atoms with Gasteiger partial charge in [0.25, 0.3) is 11.5 Å². The van der Waals surface area contributed by atoms with Crippen molar-refractivity contribution in [2.24, 2.45) is 5.92 Å². The van der Waals surface area contributed by atoms with Crippen molar-refractivity contribution >= 4 is 17.4 Å². The molecule has 1 aromatic heterocycles. The Morgan fingerprint density at radius 1 is 1.29 bits per heavy atom. The van der Waals surface area contributed by atoms with E-state index in [2.05, 4.69) is 4.98 Å². The van der Waals surface area contributed by atoms with Gasteiger partial charge in [-0.05, 0) is 31.4 Å². The first-order valence-corrected chi connectivity index (χ1v) is 9.18. The zero-order valence-electron chi connectivity index (χ0n) is 17.0. The quantitative estimate of drug-likeness (QED) is 0.750. The summed E-state index contributed by atoms with van der Waals surface area (Å²) in [6.45, 7) is 8.29. The molecule has 0 saturated heterocycles. The number of benzene rings is 1. The van der Waals surface area contributed by atoms with Gasteiger partial charge in [0.2, 0.25) is 0 Å². The second-order valence-corrected chi connectivity index (χ2v) is 7.27. The molecular weight excluding hydrogens is 360 g/mol. The summed E-state index contributed by atoms with van der Waals surface area (Å²) in [7, 11) is 1.51. The number of carbonyl (C=O) groups is 1. The first-order valence-electron chi connectivity index (χ1n) is 9.18. The van der Waals surface area contributed by atoms with Gasteiger partial charge < -0.3 is 10.5 Å². The Morgan fingerprint density at radius 3 is 2.54 bits per heavy atom. The summed E-state index contributed by atoms with van der Waals surface area (Å²) in [5, 5.41) is 0. The maximum absolute atomic E-state index is 13.3. The van der Waals surface area contributed by atoms with Crippen molar-refractivity contribution in [2.75, 3.05) is 30.9 Å².